The van der Waals surface area contributed by atoms with Crippen LogP contribution in [-0.4, -0.2) is 55.9 Å². The molecule has 0 aromatic rings. The fraction of sp³-hybridized carbons (Fsp3) is 1.00. The van der Waals surface area contributed by atoms with Gasteiger partial charge in [-0.15, -0.1) is 0 Å². The minimum Gasteiger partial charge on any atom is -0.319 e. The predicted octanol–water partition coefficient (Wildman–Crippen LogP) is 0.232. The maximum atomic E-state index is 12.7. The van der Waals surface area contributed by atoms with Crippen LogP contribution in [0, 0.1) is 0 Å². The molecule has 0 radical (unpaired) electrons. The van der Waals surface area contributed by atoms with Crippen molar-refractivity contribution in [1.29, 1.82) is 0 Å². The van der Waals surface area contributed by atoms with Gasteiger partial charge in [0.2, 0.25) is 0 Å². The average molecular weight is 268 g/mol. The maximum Gasteiger partial charge on any atom is 0.257 e. The summed E-state index contributed by atoms with van der Waals surface area (Å²) in [5, 5.41) is 0. The molecule has 0 amide bonds. The molecule has 0 saturated carbocycles. The molecule has 4 nitrogen and oxygen atoms in total. The Bertz CT molecular complexity index is 374. The predicted molar refractivity (Wildman–Crippen MR) is 60.8 cm³/mol. The number of sulfone groups is 1. The summed E-state index contributed by atoms with van der Waals surface area (Å²) in [6, 6.07) is 0.0997. The van der Waals surface area contributed by atoms with E-state index in [4.69, 9.17) is 5.73 Å². The molecule has 2 aliphatic rings. The van der Waals surface area contributed by atoms with Gasteiger partial charge >= 0.3 is 0 Å². The second kappa shape index (κ2) is 4.44. The standard InChI is InChI=1S/C10H18F2N2O2S/c11-9(12)10(13)3-4-14(7-10)8-1-5-17(15,16)6-2-8/h8-9H,1-7,13H2. The van der Waals surface area contributed by atoms with Crippen molar-refractivity contribution in [3.63, 3.8) is 0 Å². The van der Waals surface area contributed by atoms with E-state index < -0.39 is 21.8 Å². The zero-order valence-corrected chi connectivity index (χ0v) is 10.4. The number of halogens is 2. The van der Waals surface area contributed by atoms with E-state index in [1.54, 1.807) is 0 Å². The minimum atomic E-state index is -2.90. The van der Waals surface area contributed by atoms with Crippen LogP contribution in [0.15, 0.2) is 0 Å². The Balaban J connectivity index is 1.94. The van der Waals surface area contributed by atoms with Crippen molar-refractivity contribution in [2.75, 3.05) is 24.6 Å². The first-order valence-electron chi connectivity index (χ1n) is 5.84. The smallest absolute Gasteiger partial charge is 0.257 e. The average Bonchev–Trinajstić information content (AvgIpc) is 2.62. The highest BCUT2D eigenvalue weighted by atomic mass is 32.2. The topological polar surface area (TPSA) is 63.4 Å². The van der Waals surface area contributed by atoms with Crippen LogP contribution in [0.2, 0.25) is 0 Å². The lowest BCUT2D eigenvalue weighted by atomic mass is 10.0. The largest absolute Gasteiger partial charge is 0.319 e. The maximum absolute atomic E-state index is 12.7. The number of nitrogens with zero attached hydrogens (tertiary/aromatic N) is 1. The van der Waals surface area contributed by atoms with Gasteiger partial charge in [-0.1, -0.05) is 0 Å². The number of rotatable bonds is 2. The highest BCUT2D eigenvalue weighted by Gasteiger charge is 2.44. The molecule has 2 fully saturated rings. The molecule has 0 bridgehead atoms. The first-order chi connectivity index (χ1) is 7.82. The second-order valence-corrected chi connectivity index (χ2v) is 7.44. The molecule has 0 spiro atoms. The van der Waals surface area contributed by atoms with Crippen LogP contribution >= 0.6 is 0 Å². The third kappa shape index (κ3) is 2.77. The molecule has 2 heterocycles. The normalized spacial score (nSPS) is 35.5. The summed E-state index contributed by atoms with van der Waals surface area (Å²) in [6.45, 7) is 0.723. The minimum absolute atomic E-state index is 0.0997. The summed E-state index contributed by atoms with van der Waals surface area (Å²) >= 11 is 0. The third-order valence-electron chi connectivity index (χ3n) is 3.84. The van der Waals surface area contributed by atoms with E-state index in [1.165, 1.54) is 0 Å². The summed E-state index contributed by atoms with van der Waals surface area (Å²) in [6.07, 6.45) is -1.14. The van der Waals surface area contributed by atoms with E-state index >= 15 is 0 Å². The van der Waals surface area contributed by atoms with Crippen molar-refractivity contribution >= 4 is 9.84 Å². The number of nitrogens with two attached hydrogens (primary N) is 1. The molecular formula is C10H18F2N2O2S. The van der Waals surface area contributed by atoms with Crippen molar-refractivity contribution in [3.05, 3.63) is 0 Å². The summed E-state index contributed by atoms with van der Waals surface area (Å²) in [5.74, 6) is 0.334. The van der Waals surface area contributed by atoms with E-state index in [-0.39, 0.29) is 30.5 Å². The van der Waals surface area contributed by atoms with E-state index in [9.17, 15) is 17.2 Å². The fourth-order valence-electron chi connectivity index (χ4n) is 2.62. The quantitative estimate of drug-likeness (QED) is 0.779. The summed E-state index contributed by atoms with van der Waals surface area (Å²) < 4.78 is 48.0. The van der Waals surface area contributed by atoms with Crippen LogP contribution in [0.5, 0.6) is 0 Å². The van der Waals surface area contributed by atoms with Crippen molar-refractivity contribution in [2.24, 2.45) is 5.73 Å². The molecule has 0 aromatic carbocycles. The SMILES string of the molecule is NC1(C(F)F)CCN(C2CCS(=O)(=O)CC2)C1. The van der Waals surface area contributed by atoms with Crippen LogP contribution < -0.4 is 5.73 Å². The molecule has 7 heteroatoms. The Hall–Kier alpha value is -0.270. The Morgan fingerprint density at radius 1 is 1.29 bits per heavy atom. The van der Waals surface area contributed by atoms with Gasteiger partial charge in [-0.2, -0.15) is 0 Å². The molecule has 1 unspecified atom stereocenters. The Morgan fingerprint density at radius 2 is 1.88 bits per heavy atom. The van der Waals surface area contributed by atoms with E-state index in [0.29, 0.717) is 19.4 Å². The summed E-state index contributed by atoms with van der Waals surface area (Å²) in [4.78, 5) is 1.93. The van der Waals surface area contributed by atoms with Crippen LogP contribution in [0.3, 0.4) is 0 Å². The third-order valence-corrected chi connectivity index (χ3v) is 5.55. The molecule has 100 valence electrons. The zero-order chi connectivity index (χ0) is 12.7. The molecule has 2 N–H and O–H groups in total. The van der Waals surface area contributed by atoms with Gasteiger partial charge in [0.05, 0.1) is 17.0 Å². The summed E-state index contributed by atoms with van der Waals surface area (Å²) in [7, 11) is -2.90. The second-order valence-electron chi connectivity index (χ2n) is 5.14. The van der Waals surface area contributed by atoms with Gasteiger partial charge in [-0.05, 0) is 19.3 Å². The lowest BCUT2D eigenvalue weighted by molar-refractivity contribution is 0.0541. The number of hydrogen-bond donors (Lipinski definition) is 1. The van der Waals surface area contributed by atoms with Gasteiger partial charge in [0, 0.05) is 19.1 Å². The molecule has 1 atom stereocenters. The highest BCUT2D eigenvalue weighted by molar-refractivity contribution is 7.91. The zero-order valence-electron chi connectivity index (χ0n) is 9.61. The Labute approximate surface area is 100 Å². The number of likely N-dealkylation sites (tertiary alicyclic amines) is 1. The van der Waals surface area contributed by atoms with Crippen molar-refractivity contribution < 1.29 is 17.2 Å². The Morgan fingerprint density at radius 3 is 2.35 bits per heavy atom. The first kappa shape index (κ1) is 13.2. The highest BCUT2D eigenvalue weighted by Crippen LogP contribution is 2.29. The Kier molecular flexibility index (Phi) is 3.44. The van der Waals surface area contributed by atoms with E-state index in [1.807, 2.05) is 4.90 Å². The first-order valence-corrected chi connectivity index (χ1v) is 7.66. The monoisotopic (exact) mass is 268 g/mol. The van der Waals surface area contributed by atoms with Crippen LogP contribution in [0.25, 0.3) is 0 Å². The lowest BCUT2D eigenvalue weighted by Crippen LogP contribution is -2.51. The van der Waals surface area contributed by atoms with Crippen LogP contribution in [-0.2, 0) is 9.84 Å². The molecular weight excluding hydrogens is 250 g/mol. The number of hydrogen-bond acceptors (Lipinski definition) is 4. The van der Waals surface area contributed by atoms with Gasteiger partial charge in [-0.25, -0.2) is 17.2 Å². The van der Waals surface area contributed by atoms with Gasteiger partial charge < -0.3 is 5.73 Å². The van der Waals surface area contributed by atoms with Crippen LogP contribution in [0.4, 0.5) is 8.78 Å². The van der Waals surface area contributed by atoms with E-state index in [0.717, 1.165) is 0 Å². The van der Waals surface area contributed by atoms with Crippen molar-refractivity contribution in [3.8, 4) is 0 Å². The van der Waals surface area contributed by atoms with Gasteiger partial charge in [0.1, 0.15) is 9.84 Å². The molecule has 17 heavy (non-hydrogen) atoms. The van der Waals surface area contributed by atoms with Gasteiger partial charge in [0.15, 0.2) is 0 Å². The van der Waals surface area contributed by atoms with E-state index in [2.05, 4.69) is 0 Å². The molecule has 2 aliphatic heterocycles. The molecule has 0 aliphatic carbocycles. The molecule has 2 saturated heterocycles. The fourth-order valence-corrected chi connectivity index (χ4v) is 4.09. The van der Waals surface area contributed by atoms with Gasteiger partial charge in [-0.3, -0.25) is 4.90 Å². The van der Waals surface area contributed by atoms with Gasteiger partial charge in [0.25, 0.3) is 6.43 Å². The van der Waals surface area contributed by atoms with Crippen LogP contribution in [0.1, 0.15) is 19.3 Å². The summed E-state index contributed by atoms with van der Waals surface area (Å²) in [5.41, 5.74) is 4.24. The van der Waals surface area contributed by atoms with Crippen molar-refractivity contribution in [2.45, 2.75) is 37.3 Å². The lowest BCUT2D eigenvalue weighted by Gasteiger charge is -2.32. The molecule has 0 aromatic heterocycles. The molecule has 2 rings (SSSR count). The number of alkyl halides is 2. The van der Waals surface area contributed by atoms with Crippen molar-refractivity contribution in [1.82, 2.24) is 4.90 Å².